The van der Waals surface area contributed by atoms with Crippen LogP contribution in [0.3, 0.4) is 0 Å². The van der Waals surface area contributed by atoms with Crippen molar-refractivity contribution in [2.45, 2.75) is 37.2 Å². The molecule has 3 N–H and O–H groups in total. The van der Waals surface area contributed by atoms with Crippen molar-refractivity contribution in [1.82, 2.24) is 4.98 Å². The van der Waals surface area contributed by atoms with E-state index in [1.54, 1.807) is 0 Å². The Balaban J connectivity index is 1.29. The second-order valence-corrected chi connectivity index (χ2v) is 11.6. The van der Waals surface area contributed by atoms with Crippen molar-refractivity contribution < 1.29 is 32.2 Å². The Bertz CT molecular complexity index is 1870. The molecule has 2 aliphatic rings. The Morgan fingerprint density at radius 3 is 2.57 bits per heavy atom. The smallest absolute Gasteiger partial charge is 0.339 e. The highest BCUT2D eigenvalue weighted by Crippen LogP contribution is 2.38. The number of hydrogen-bond acceptors (Lipinski definition) is 8. The van der Waals surface area contributed by atoms with Gasteiger partial charge in [0.05, 0.1) is 21.7 Å². The molecule has 11 heteroatoms. The minimum absolute atomic E-state index is 0.0822. The minimum Gasteiger partial charge on any atom is -0.454 e. The van der Waals surface area contributed by atoms with Crippen LogP contribution in [0.5, 0.6) is 11.5 Å². The summed E-state index contributed by atoms with van der Waals surface area (Å²) in [5, 5.41) is 8.42. The van der Waals surface area contributed by atoms with Crippen LogP contribution >= 0.6 is 0 Å². The summed E-state index contributed by atoms with van der Waals surface area (Å²) >= 11 is 0. The number of nitrogens with zero attached hydrogens (tertiary/aromatic N) is 1. The third-order valence-corrected chi connectivity index (χ3v) is 8.14. The van der Waals surface area contributed by atoms with E-state index in [-0.39, 0.29) is 11.7 Å². The fraction of sp³-hybridized carbons (Fsp3) is 0.194. The second kappa shape index (κ2) is 10.9. The number of amides is 1. The van der Waals surface area contributed by atoms with E-state index < -0.39 is 28.0 Å². The first-order valence-corrected chi connectivity index (χ1v) is 14.9. The number of aromatic nitrogens is 1. The van der Waals surface area contributed by atoms with Gasteiger partial charge in [0.25, 0.3) is 5.91 Å². The van der Waals surface area contributed by atoms with Crippen LogP contribution in [0.25, 0.3) is 22.6 Å². The van der Waals surface area contributed by atoms with Crippen LogP contribution in [0.1, 0.15) is 46.9 Å². The van der Waals surface area contributed by atoms with Crippen molar-refractivity contribution in [1.29, 1.82) is 0 Å². The summed E-state index contributed by atoms with van der Waals surface area (Å²) in [6.45, 7) is 1.67. The molecule has 0 radical (unpaired) electrons. The zero-order valence-electron chi connectivity index (χ0n) is 22.6. The average Bonchev–Trinajstić information content (AvgIpc) is 3.44. The highest BCUT2D eigenvalue weighted by molar-refractivity contribution is 7.89. The molecule has 214 valence electrons. The van der Waals surface area contributed by atoms with Gasteiger partial charge in [-0.3, -0.25) is 4.79 Å². The van der Waals surface area contributed by atoms with E-state index >= 15 is 0 Å². The number of nitrogens with one attached hydrogen (secondary N) is 1. The Morgan fingerprint density at radius 1 is 1.02 bits per heavy atom. The van der Waals surface area contributed by atoms with Gasteiger partial charge in [-0.05, 0) is 91.4 Å². The van der Waals surface area contributed by atoms with Crippen LogP contribution in [0.2, 0.25) is 0 Å². The third kappa shape index (κ3) is 5.44. The summed E-state index contributed by atoms with van der Waals surface area (Å²) in [7, 11) is -3.86. The van der Waals surface area contributed by atoms with Gasteiger partial charge in [-0.15, -0.1) is 0 Å². The van der Waals surface area contributed by atoms with Crippen molar-refractivity contribution in [2.24, 2.45) is 5.14 Å². The number of rotatable bonds is 6. The molecular weight excluding hydrogens is 558 g/mol. The highest BCUT2D eigenvalue weighted by Gasteiger charge is 2.28. The molecule has 1 aliphatic heterocycles. The number of fused-ring (bicyclic) bond motifs is 3. The molecule has 0 saturated heterocycles. The largest absolute Gasteiger partial charge is 0.454 e. The highest BCUT2D eigenvalue weighted by atomic mass is 32.2. The van der Waals surface area contributed by atoms with Crippen molar-refractivity contribution in [3.8, 4) is 11.5 Å². The van der Waals surface area contributed by atoms with Gasteiger partial charge in [0.1, 0.15) is 0 Å². The lowest BCUT2D eigenvalue weighted by Crippen LogP contribution is -2.30. The quantitative estimate of drug-likeness (QED) is 0.310. The lowest BCUT2D eigenvalue weighted by molar-refractivity contribution is -0.123. The molecule has 0 bridgehead atoms. The van der Waals surface area contributed by atoms with Gasteiger partial charge in [0.15, 0.2) is 17.6 Å². The van der Waals surface area contributed by atoms with Crippen LogP contribution in [-0.4, -0.2) is 38.2 Å². The predicted octanol–water partition coefficient (Wildman–Crippen LogP) is 4.67. The van der Waals surface area contributed by atoms with E-state index in [2.05, 4.69) is 5.32 Å². The number of para-hydroxylation sites is 1. The molecule has 0 saturated carbocycles. The van der Waals surface area contributed by atoms with Crippen molar-refractivity contribution in [2.75, 3.05) is 12.1 Å². The average molecular weight is 586 g/mol. The molecule has 3 aromatic carbocycles. The van der Waals surface area contributed by atoms with E-state index in [9.17, 15) is 18.0 Å². The molecule has 1 aliphatic carbocycles. The molecule has 1 aromatic heterocycles. The number of primary sulfonamides is 1. The number of carbonyl (C=O) groups excluding carboxylic acids is 2. The first-order chi connectivity index (χ1) is 20.2. The van der Waals surface area contributed by atoms with Crippen molar-refractivity contribution >= 4 is 50.1 Å². The number of hydrogen-bond donors (Lipinski definition) is 2. The maximum absolute atomic E-state index is 13.7. The predicted molar refractivity (Wildman–Crippen MR) is 156 cm³/mol. The van der Waals surface area contributed by atoms with E-state index in [0.29, 0.717) is 40.1 Å². The molecule has 1 amide bonds. The number of benzene rings is 3. The Morgan fingerprint density at radius 2 is 1.79 bits per heavy atom. The van der Waals surface area contributed by atoms with Crippen LogP contribution in [0.4, 0.5) is 5.69 Å². The van der Waals surface area contributed by atoms with Gasteiger partial charge in [0.2, 0.25) is 16.8 Å². The van der Waals surface area contributed by atoms with Crippen LogP contribution in [0.15, 0.2) is 71.6 Å². The number of carbonyl (C=O) groups is 2. The Kier molecular flexibility index (Phi) is 7.13. The number of sulfonamides is 1. The summed E-state index contributed by atoms with van der Waals surface area (Å²) in [6.07, 6.45) is 3.14. The second-order valence-electron chi connectivity index (χ2n) is 10.1. The molecule has 42 heavy (non-hydrogen) atoms. The van der Waals surface area contributed by atoms with Crippen LogP contribution in [0, 0.1) is 0 Å². The molecule has 2 heterocycles. The normalized spacial score (nSPS) is 15.7. The zero-order chi connectivity index (χ0) is 29.4. The summed E-state index contributed by atoms with van der Waals surface area (Å²) < 4.78 is 39.6. The topological polar surface area (TPSA) is 147 Å². The van der Waals surface area contributed by atoms with Gasteiger partial charge < -0.3 is 19.5 Å². The molecule has 0 fully saturated rings. The molecule has 0 spiro atoms. The number of nitrogens with two attached hydrogens (primary N) is 1. The summed E-state index contributed by atoms with van der Waals surface area (Å²) in [4.78, 5) is 31.4. The van der Waals surface area contributed by atoms with Gasteiger partial charge in [-0.2, -0.15) is 0 Å². The van der Waals surface area contributed by atoms with Crippen molar-refractivity contribution in [3.63, 3.8) is 0 Å². The summed E-state index contributed by atoms with van der Waals surface area (Å²) in [6, 6.07) is 18.5. The van der Waals surface area contributed by atoms with Gasteiger partial charge in [-0.25, -0.2) is 23.3 Å². The molecule has 6 rings (SSSR count). The first kappa shape index (κ1) is 27.4. The molecular formula is C31H27N3O7S. The standard InChI is InChI=1S/C31H27N3O7S/c1-18(30(35)33-21-10-12-22(13-11-21)42(32,37)38)41-31(36)28-23-6-2-3-8-25(23)34-29-20(5-4-7-24(28)29)15-19-9-14-26-27(16-19)40-17-39-26/h2-3,6,8-16,18H,4-5,7,17H2,1H3,(H,33,35)(H2,32,37,38)/b20-15-/t18-/m0/s1. The van der Waals surface area contributed by atoms with E-state index in [4.69, 9.17) is 24.3 Å². The fourth-order valence-corrected chi connectivity index (χ4v) is 5.67. The molecule has 10 nitrogen and oxygen atoms in total. The fourth-order valence-electron chi connectivity index (χ4n) is 5.16. The lowest BCUT2D eigenvalue weighted by atomic mass is 9.86. The van der Waals surface area contributed by atoms with Crippen molar-refractivity contribution in [3.05, 3.63) is 89.1 Å². The lowest BCUT2D eigenvalue weighted by Gasteiger charge is -2.23. The van der Waals surface area contributed by atoms with E-state index in [1.165, 1.54) is 31.2 Å². The van der Waals surface area contributed by atoms with Gasteiger partial charge in [0, 0.05) is 11.1 Å². The van der Waals surface area contributed by atoms with E-state index in [0.717, 1.165) is 35.2 Å². The minimum atomic E-state index is -3.86. The first-order valence-electron chi connectivity index (χ1n) is 13.3. The number of allylic oxidation sites excluding steroid dienone is 1. The monoisotopic (exact) mass is 585 g/mol. The number of ether oxygens (including phenoxy) is 3. The molecule has 4 aromatic rings. The molecule has 1 atom stereocenters. The summed E-state index contributed by atoms with van der Waals surface area (Å²) in [5.41, 5.74) is 4.81. The summed E-state index contributed by atoms with van der Waals surface area (Å²) in [5.74, 6) is 0.196. The number of esters is 1. The van der Waals surface area contributed by atoms with Gasteiger partial charge >= 0.3 is 5.97 Å². The maximum atomic E-state index is 13.7. The Hall–Kier alpha value is -4.74. The zero-order valence-corrected chi connectivity index (χ0v) is 23.4. The molecule has 0 unspecified atom stereocenters. The number of pyridine rings is 1. The third-order valence-electron chi connectivity index (χ3n) is 7.22. The number of anilines is 1. The van der Waals surface area contributed by atoms with Gasteiger partial charge in [-0.1, -0.05) is 24.3 Å². The van der Waals surface area contributed by atoms with Crippen LogP contribution in [-0.2, 0) is 26.0 Å². The van der Waals surface area contributed by atoms with E-state index in [1.807, 2.05) is 48.5 Å². The van der Waals surface area contributed by atoms with Crippen LogP contribution < -0.4 is 19.9 Å². The maximum Gasteiger partial charge on any atom is 0.339 e. The Labute approximate surface area is 242 Å². The SMILES string of the molecule is C[C@H](OC(=O)c1c2c(nc3ccccc13)/C(=C\c1ccc3c(c1)OCO3)CCC2)C(=O)Nc1ccc(S(N)(=O)=O)cc1.